The Balaban J connectivity index is 1.09. The van der Waals surface area contributed by atoms with Crippen molar-refractivity contribution in [2.75, 3.05) is 31.2 Å². The second kappa shape index (κ2) is 16.9. The molecule has 0 saturated carbocycles. The summed E-state index contributed by atoms with van der Waals surface area (Å²) in [5.41, 5.74) is 10.4. The Morgan fingerprint density at radius 1 is 1.02 bits per heavy atom. The zero-order valence-electron chi connectivity index (χ0n) is 32.9. The fourth-order valence-corrected chi connectivity index (χ4v) is 10.8. The molecule has 0 bridgehead atoms. The summed E-state index contributed by atoms with van der Waals surface area (Å²) in [4.78, 5) is 2.50. The quantitative estimate of drug-likeness (QED) is 0.0694. The highest BCUT2D eigenvalue weighted by molar-refractivity contribution is 7.44. The molecule has 0 fully saturated rings. The Hall–Kier alpha value is -3.07. The Kier molecular flexibility index (Phi) is 12.6. The van der Waals surface area contributed by atoms with Crippen molar-refractivity contribution in [1.29, 1.82) is 5.26 Å². The first kappa shape index (κ1) is 38.6. The SMILES string of the molecule is CC(C)N(C(C)C)P(OCCC#N)OCCCCCCC1(C)C(C=CC=CC=C2[N+]3=C4C(=CC=CC4C2(C)C)CCC3)=CN2CCc3cccc1c32. The molecule has 6 nitrogen and oxygen atoms in total. The van der Waals surface area contributed by atoms with E-state index >= 15 is 0 Å². The van der Waals surface area contributed by atoms with Crippen LogP contribution in [0, 0.1) is 22.7 Å². The molecule has 1 aliphatic carbocycles. The van der Waals surface area contributed by atoms with Gasteiger partial charge in [-0.15, -0.1) is 0 Å². The van der Waals surface area contributed by atoms with Gasteiger partial charge in [-0.05, 0) is 83.9 Å². The summed E-state index contributed by atoms with van der Waals surface area (Å²) < 4.78 is 17.4. The molecule has 4 aliphatic heterocycles. The van der Waals surface area contributed by atoms with Crippen LogP contribution >= 0.6 is 8.53 Å². The molecule has 0 spiro atoms. The smallest absolute Gasteiger partial charge is 0.259 e. The summed E-state index contributed by atoms with van der Waals surface area (Å²) in [6, 6.07) is 9.80. The molecule has 0 aromatic heterocycles. The average molecular weight is 722 g/mol. The minimum Gasteiger partial charge on any atom is -0.347 e. The molecule has 278 valence electrons. The van der Waals surface area contributed by atoms with Gasteiger partial charge >= 0.3 is 0 Å². The third kappa shape index (κ3) is 7.90. The van der Waals surface area contributed by atoms with Crippen molar-refractivity contribution in [2.45, 2.75) is 124 Å². The molecule has 0 amide bonds. The van der Waals surface area contributed by atoms with E-state index in [9.17, 15) is 0 Å². The number of anilines is 1. The average Bonchev–Trinajstić information content (AvgIpc) is 3.63. The molecule has 0 N–H and O–H groups in total. The van der Waals surface area contributed by atoms with Crippen LogP contribution in [0.2, 0.25) is 0 Å². The van der Waals surface area contributed by atoms with Crippen molar-refractivity contribution in [3.8, 4) is 6.07 Å². The Bertz CT molecular complexity index is 1710. The minimum absolute atomic E-state index is 0.0356. The summed E-state index contributed by atoms with van der Waals surface area (Å²) in [6.45, 7) is 19.3. The summed E-state index contributed by atoms with van der Waals surface area (Å²) >= 11 is 0. The van der Waals surface area contributed by atoms with Crippen molar-refractivity contribution in [2.24, 2.45) is 11.3 Å². The number of rotatable bonds is 17. The number of nitrogens with zero attached hydrogens (tertiary/aromatic N) is 4. The normalized spacial score (nSPS) is 24.4. The van der Waals surface area contributed by atoms with Crippen LogP contribution in [-0.2, 0) is 20.9 Å². The molecule has 4 heterocycles. The summed E-state index contributed by atoms with van der Waals surface area (Å²) in [6.07, 6.45) is 30.5. The molecular weight excluding hydrogens is 659 g/mol. The van der Waals surface area contributed by atoms with Crippen molar-refractivity contribution >= 4 is 19.9 Å². The molecule has 1 aromatic carbocycles. The van der Waals surface area contributed by atoms with Crippen LogP contribution in [-0.4, -0.2) is 53.3 Å². The first-order valence-electron chi connectivity index (χ1n) is 20.0. The topological polar surface area (TPSA) is 51.7 Å². The third-order valence-electron chi connectivity index (χ3n) is 11.8. The summed E-state index contributed by atoms with van der Waals surface area (Å²) in [5, 5.41) is 9.02. The second-order valence-corrected chi connectivity index (χ2v) is 17.9. The van der Waals surface area contributed by atoms with E-state index in [0.29, 0.717) is 37.6 Å². The van der Waals surface area contributed by atoms with Crippen LogP contribution in [0.4, 0.5) is 5.69 Å². The third-order valence-corrected chi connectivity index (χ3v) is 13.9. The number of hydrogen-bond acceptors (Lipinski definition) is 5. The number of unbranched alkanes of at least 4 members (excludes halogenated alkanes) is 3. The van der Waals surface area contributed by atoms with E-state index < -0.39 is 8.53 Å². The van der Waals surface area contributed by atoms with Gasteiger partial charge in [-0.1, -0.05) is 86.9 Å². The Labute approximate surface area is 315 Å². The van der Waals surface area contributed by atoms with Gasteiger partial charge in [-0.2, -0.15) is 9.84 Å². The number of hydrogen-bond donors (Lipinski definition) is 0. The second-order valence-electron chi connectivity index (χ2n) is 16.4. The first-order chi connectivity index (χ1) is 25.1. The minimum atomic E-state index is -1.17. The van der Waals surface area contributed by atoms with E-state index in [-0.39, 0.29) is 10.8 Å². The van der Waals surface area contributed by atoms with Gasteiger partial charge in [0.2, 0.25) is 0 Å². The molecule has 3 unspecified atom stereocenters. The highest BCUT2D eigenvalue weighted by Gasteiger charge is 2.53. The Morgan fingerprint density at radius 2 is 1.81 bits per heavy atom. The lowest BCUT2D eigenvalue weighted by atomic mass is 9.69. The van der Waals surface area contributed by atoms with Gasteiger partial charge < -0.3 is 13.9 Å². The van der Waals surface area contributed by atoms with E-state index in [1.165, 1.54) is 59.3 Å². The van der Waals surface area contributed by atoms with E-state index in [2.05, 4.69) is 142 Å². The zero-order valence-corrected chi connectivity index (χ0v) is 33.8. The zero-order chi connectivity index (χ0) is 36.9. The lowest BCUT2D eigenvalue weighted by Gasteiger charge is -2.40. The van der Waals surface area contributed by atoms with Crippen LogP contribution in [0.1, 0.15) is 111 Å². The molecule has 6 rings (SSSR count). The van der Waals surface area contributed by atoms with Crippen molar-refractivity contribution in [3.05, 3.63) is 101 Å². The fourth-order valence-electron chi connectivity index (χ4n) is 9.20. The van der Waals surface area contributed by atoms with Gasteiger partial charge in [0.05, 0.1) is 37.0 Å². The predicted octanol–water partition coefficient (Wildman–Crippen LogP) is 10.8. The highest BCUT2D eigenvalue weighted by atomic mass is 31.2. The molecule has 5 aliphatic rings. The van der Waals surface area contributed by atoms with Gasteiger partial charge in [-0.25, -0.2) is 4.67 Å². The molecule has 3 atom stereocenters. The maximum atomic E-state index is 9.02. The van der Waals surface area contributed by atoms with Gasteiger partial charge in [-0.3, -0.25) is 0 Å². The van der Waals surface area contributed by atoms with Crippen molar-refractivity contribution in [3.63, 3.8) is 0 Å². The van der Waals surface area contributed by atoms with Crippen molar-refractivity contribution in [1.82, 2.24) is 4.67 Å². The van der Waals surface area contributed by atoms with Crippen LogP contribution in [0.25, 0.3) is 0 Å². The molecule has 52 heavy (non-hydrogen) atoms. The lowest BCUT2D eigenvalue weighted by Crippen LogP contribution is -2.33. The molecule has 1 aromatic rings. The number of para-hydroxylation sites is 1. The highest BCUT2D eigenvalue weighted by Crippen LogP contribution is 2.50. The standard InChI is InChI=1S/C45H62N4O2P/c1-34(2)49(35(3)4)52(51-32-18-28-46)50-31-14-9-8-13-27-45(7)38(33-47-30-26-37-20-16-24-40(45)42(37)47)22-11-10-12-25-41-44(5,6)39-23-15-19-36-21-17-29-48(41)43(36)39/h10-12,15-16,19-20,22-25,33-35,39H,8-9,13-14,17-18,21,26-27,29-32H2,1-7H3/q+1. The fraction of sp³-hybridized carbons (Fsp3) is 0.556. The summed E-state index contributed by atoms with van der Waals surface area (Å²) in [7, 11) is -1.17. The van der Waals surface area contributed by atoms with E-state index in [4.69, 9.17) is 14.3 Å². The van der Waals surface area contributed by atoms with E-state index in [1.807, 2.05) is 0 Å². The molecular formula is C45H62N4O2P+. The summed E-state index contributed by atoms with van der Waals surface area (Å²) in [5.74, 6) is 0.473. The first-order valence-corrected chi connectivity index (χ1v) is 21.1. The molecule has 7 heteroatoms. The van der Waals surface area contributed by atoms with E-state index in [0.717, 1.165) is 38.8 Å². The van der Waals surface area contributed by atoms with Crippen LogP contribution in [0.3, 0.4) is 0 Å². The van der Waals surface area contributed by atoms with Crippen molar-refractivity contribution < 1.29 is 13.6 Å². The maximum absolute atomic E-state index is 9.02. The monoisotopic (exact) mass is 721 g/mol. The van der Waals surface area contributed by atoms with Gasteiger partial charge in [0.1, 0.15) is 6.54 Å². The number of benzene rings is 1. The molecule has 0 saturated heterocycles. The van der Waals surface area contributed by atoms with Gasteiger partial charge in [0.15, 0.2) is 11.4 Å². The maximum Gasteiger partial charge on any atom is 0.259 e. The predicted molar refractivity (Wildman–Crippen MR) is 217 cm³/mol. The van der Waals surface area contributed by atoms with Crippen LogP contribution in [0.5, 0.6) is 0 Å². The van der Waals surface area contributed by atoms with Crippen LogP contribution in [0.15, 0.2) is 89.9 Å². The number of allylic oxidation sites excluding steroid dienone is 11. The largest absolute Gasteiger partial charge is 0.347 e. The van der Waals surface area contributed by atoms with Gasteiger partial charge in [0, 0.05) is 54.0 Å². The number of nitriles is 1. The Morgan fingerprint density at radius 3 is 2.60 bits per heavy atom. The molecule has 0 radical (unpaired) electrons. The lowest BCUT2D eigenvalue weighted by molar-refractivity contribution is -0.482. The van der Waals surface area contributed by atoms with E-state index in [1.54, 1.807) is 5.71 Å². The van der Waals surface area contributed by atoms with Crippen LogP contribution < -0.4 is 4.90 Å². The van der Waals surface area contributed by atoms with Gasteiger partial charge in [0.25, 0.3) is 8.53 Å².